The maximum absolute atomic E-state index is 12.2. The molecule has 0 fully saturated rings. The standard InChI is InChI=1S/C5H9F2O2P/c1-3(2)9-5(6,7)4(8)10/h3H,10H2,1-2H3. The Morgan fingerprint density at radius 1 is 1.60 bits per heavy atom. The van der Waals surface area contributed by atoms with Crippen LogP contribution in [0.15, 0.2) is 0 Å². The fourth-order valence-corrected chi connectivity index (χ4v) is 0.422. The zero-order valence-corrected chi connectivity index (χ0v) is 6.88. The molecular formula is C5H9F2O2P. The molecule has 0 N–H and O–H groups in total. The number of ether oxygens (including phenoxy) is 1. The molecule has 0 aliphatic heterocycles. The molecule has 0 aromatic rings. The average Bonchev–Trinajstić information content (AvgIpc) is 1.60. The molecule has 0 rings (SSSR count). The van der Waals surface area contributed by atoms with Crippen LogP contribution < -0.4 is 0 Å². The highest BCUT2D eigenvalue weighted by molar-refractivity contribution is 7.40. The van der Waals surface area contributed by atoms with Crippen molar-refractivity contribution < 1.29 is 18.3 Å². The summed E-state index contributed by atoms with van der Waals surface area (Å²) in [7, 11) is 1.38. The molecule has 0 aromatic heterocycles. The van der Waals surface area contributed by atoms with Gasteiger partial charge in [-0.25, -0.2) is 0 Å². The molecule has 5 heteroatoms. The summed E-state index contributed by atoms with van der Waals surface area (Å²) < 4.78 is 28.4. The summed E-state index contributed by atoms with van der Waals surface area (Å²) in [6, 6.07) is 0. The van der Waals surface area contributed by atoms with E-state index in [1.165, 1.54) is 23.1 Å². The predicted molar refractivity (Wildman–Crippen MR) is 35.9 cm³/mol. The molecule has 1 atom stereocenters. The minimum absolute atomic E-state index is 0.653. The Morgan fingerprint density at radius 2 is 2.00 bits per heavy atom. The first kappa shape index (κ1) is 9.92. The highest BCUT2D eigenvalue weighted by atomic mass is 31.0. The lowest BCUT2D eigenvalue weighted by Crippen LogP contribution is -2.30. The summed E-state index contributed by atoms with van der Waals surface area (Å²) in [4.78, 5) is 10.1. The normalized spacial score (nSPS) is 12.2. The minimum atomic E-state index is -3.65. The zero-order valence-electron chi connectivity index (χ0n) is 5.73. The quantitative estimate of drug-likeness (QED) is 0.598. The molecule has 0 bridgehead atoms. The highest BCUT2D eigenvalue weighted by Crippen LogP contribution is 2.21. The number of hydrogen-bond donors (Lipinski definition) is 0. The van der Waals surface area contributed by atoms with E-state index >= 15 is 0 Å². The molecule has 0 aliphatic rings. The Labute approximate surface area is 60.1 Å². The molecule has 0 spiro atoms. The zero-order chi connectivity index (χ0) is 8.36. The van der Waals surface area contributed by atoms with Gasteiger partial charge in [-0.15, -0.1) is 0 Å². The minimum Gasteiger partial charge on any atom is -0.311 e. The third-order valence-electron chi connectivity index (χ3n) is 0.671. The van der Waals surface area contributed by atoms with Gasteiger partial charge in [0, 0.05) is 0 Å². The number of hydrogen-bond acceptors (Lipinski definition) is 2. The third-order valence-corrected chi connectivity index (χ3v) is 1.01. The third kappa shape index (κ3) is 3.18. The van der Waals surface area contributed by atoms with Gasteiger partial charge in [-0.1, -0.05) is 9.24 Å². The lowest BCUT2D eigenvalue weighted by Gasteiger charge is -2.15. The second-order valence-corrected chi connectivity index (χ2v) is 2.57. The van der Waals surface area contributed by atoms with Crippen molar-refractivity contribution in [2.45, 2.75) is 26.1 Å². The van der Waals surface area contributed by atoms with Crippen LogP contribution in [0.4, 0.5) is 8.78 Å². The van der Waals surface area contributed by atoms with Crippen molar-refractivity contribution in [1.82, 2.24) is 0 Å². The van der Waals surface area contributed by atoms with Crippen molar-refractivity contribution in [2.24, 2.45) is 0 Å². The van der Waals surface area contributed by atoms with E-state index in [9.17, 15) is 13.6 Å². The van der Waals surface area contributed by atoms with Crippen LogP contribution >= 0.6 is 9.24 Å². The van der Waals surface area contributed by atoms with Gasteiger partial charge in [-0.3, -0.25) is 4.79 Å². The van der Waals surface area contributed by atoms with Crippen LogP contribution in [-0.4, -0.2) is 17.7 Å². The molecule has 0 heterocycles. The second-order valence-electron chi connectivity index (χ2n) is 2.05. The molecule has 0 saturated carbocycles. The Kier molecular flexibility index (Phi) is 3.33. The van der Waals surface area contributed by atoms with Crippen LogP contribution in [0.2, 0.25) is 0 Å². The number of carbonyl (C=O) groups excluding carboxylic acids is 1. The van der Waals surface area contributed by atoms with Crippen molar-refractivity contribution in [3.05, 3.63) is 0 Å². The van der Waals surface area contributed by atoms with E-state index in [2.05, 4.69) is 4.74 Å². The van der Waals surface area contributed by atoms with Gasteiger partial charge in [0.25, 0.3) is 0 Å². The summed E-state index contributed by atoms with van der Waals surface area (Å²) in [6.45, 7) is 2.86. The van der Waals surface area contributed by atoms with Crippen molar-refractivity contribution in [3.63, 3.8) is 0 Å². The second kappa shape index (κ2) is 3.35. The lowest BCUT2D eigenvalue weighted by atomic mass is 10.5. The molecule has 0 radical (unpaired) electrons. The van der Waals surface area contributed by atoms with Gasteiger partial charge in [0.2, 0.25) is 5.52 Å². The predicted octanol–water partition coefficient (Wildman–Crippen LogP) is 1.41. The van der Waals surface area contributed by atoms with Crippen molar-refractivity contribution in [3.8, 4) is 0 Å². The van der Waals surface area contributed by atoms with Gasteiger partial charge in [0.05, 0.1) is 6.10 Å². The van der Waals surface area contributed by atoms with E-state index in [0.29, 0.717) is 0 Å². The van der Waals surface area contributed by atoms with Gasteiger partial charge in [0.1, 0.15) is 0 Å². The lowest BCUT2D eigenvalue weighted by molar-refractivity contribution is -0.235. The van der Waals surface area contributed by atoms with E-state index < -0.39 is 17.7 Å². The monoisotopic (exact) mass is 170 g/mol. The molecular weight excluding hydrogens is 161 g/mol. The molecule has 1 unspecified atom stereocenters. The Bertz CT molecular complexity index is 136. The smallest absolute Gasteiger partial charge is 0.311 e. The van der Waals surface area contributed by atoms with Crippen molar-refractivity contribution in [1.29, 1.82) is 0 Å². The van der Waals surface area contributed by atoms with E-state index in [0.717, 1.165) is 0 Å². The summed E-state index contributed by atoms with van der Waals surface area (Å²) >= 11 is 0. The molecule has 0 saturated heterocycles. The topological polar surface area (TPSA) is 26.3 Å². The fraction of sp³-hybridized carbons (Fsp3) is 0.800. The van der Waals surface area contributed by atoms with Crippen LogP contribution in [0.25, 0.3) is 0 Å². The van der Waals surface area contributed by atoms with E-state index in [1.54, 1.807) is 0 Å². The first-order chi connectivity index (χ1) is 4.36. The highest BCUT2D eigenvalue weighted by Gasteiger charge is 2.37. The van der Waals surface area contributed by atoms with Crippen LogP contribution in [0, 0.1) is 0 Å². The van der Waals surface area contributed by atoms with E-state index in [4.69, 9.17) is 0 Å². The van der Waals surface area contributed by atoms with E-state index in [1.807, 2.05) is 0 Å². The summed E-state index contributed by atoms with van der Waals surface area (Å²) in [5.41, 5.74) is -1.35. The first-order valence-electron chi connectivity index (χ1n) is 2.72. The molecule has 60 valence electrons. The largest absolute Gasteiger partial charge is 0.420 e. The molecule has 10 heavy (non-hydrogen) atoms. The summed E-state index contributed by atoms with van der Waals surface area (Å²) in [5.74, 6) is 0. The summed E-state index contributed by atoms with van der Waals surface area (Å²) in [5, 5.41) is 0. The maximum atomic E-state index is 12.2. The number of alkyl halides is 2. The Hall–Kier alpha value is -0.0800. The Balaban J connectivity index is 4.00. The van der Waals surface area contributed by atoms with E-state index in [-0.39, 0.29) is 0 Å². The first-order valence-corrected chi connectivity index (χ1v) is 3.29. The molecule has 0 aromatic carbocycles. The van der Waals surface area contributed by atoms with Gasteiger partial charge in [-0.2, -0.15) is 8.78 Å². The number of rotatable bonds is 3. The summed E-state index contributed by atoms with van der Waals surface area (Å²) in [6.07, 6.45) is -4.31. The fourth-order valence-electron chi connectivity index (χ4n) is 0.354. The Morgan fingerprint density at radius 3 is 2.10 bits per heavy atom. The molecule has 0 amide bonds. The van der Waals surface area contributed by atoms with Crippen molar-refractivity contribution >= 4 is 14.8 Å². The van der Waals surface area contributed by atoms with Crippen LogP contribution in [-0.2, 0) is 9.53 Å². The van der Waals surface area contributed by atoms with Gasteiger partial charge in [-0.05, 0) is 13.8 Å². The average molecular weight is 170 g/mol. The number of halogens is 2. The van der Waals surface area contributed by atoms with Gasteiger partial charge >= 0.3 is 6.11 Å². The molecule has 2 nitrogen and oxygen atoms in total. The van der Waals surface area contributed by atoms with Crippen LogP contribution in [0.3, 0.4) is 0 Å². The van der Waals surface area contributed by atoms with Crippen molar-refractivity contribution in [2.75, 3.05) is 0 Å². The van der Waals surface area contributed by atoms with Gasteiger partial charge in [0.15, 0.2) is 0 Å². The van der Waals surface area contributed by atoms with Crippen LogP contribution in [0.1, 0.15) is 13.8 Å². The molecule has 0 aliphatic carbocycles. The number of carbonyl (C=O) groups is 1. The van der Waals surface area contributed by atoms with Crippen LogP contribution in [0.5, 0.6) is 0 Å². The SMILES string of the molecule is CC(C)OC(F)(F)C(=O)P. The maximum Gasteiger partial charge on any atom is 0.420 e. The van der Waals surface area contributed by atoms with Gasteiger partial charge < -0.3 is 4.74 Å².